The molecule has 5 nitrogen and oxygen atoms in total. The molecule has 1 fully saturated rings. The number of ketones is 1. The SMILES string of the molecule is CC(C)C(=O)C1=C(O)C(=O)N(CCN2CCCC2)C1c1ccccc1. The number of Topliss-reactive ketones (excluding diaryl/α,β-unsaturated/α-hetero) is 1. The molecule has 2 aliphatic rings. The molecule has 5 heteroatoms. The molecule has 0 spiro atoms. The molecule has 2 aliphatic heterocycles. The number of nitrogens with zero attached hydrogens (tertiary/aromatic N) is 2. The second-order valence-electron chi connectivity index (χ2n) is 7.14. The Morgan fingerprint density at radius 3 is 2.40 bits per heavy atom. The number of carbonyl (C=O) groups excluding carboxylic acids is 2. The van der Waals surface area contributed by atoms with Crippen molar-refractivity contribution >= 4 is 11.7 Å². The molecule has 1 aromatic rings. The highest BCUT2D eigenvalue weighted by molar-refractivity contribution is 6.09. The van der Waals surface area contributed by atoms with Crippen LogP contribution in [0.4, 0.5) is 0 Å². The quantitative estimate of drug-likeness (QED) is 0.863. The third-order valence-electron chi connectivity index (χ3n) is 5.06. The van der Waals surface area contributed by atoms with E-state index in [1.807, 2.05) is 30.3 Å². The Morgan fingerprint density at radius 2 is 1.80 bits per heavy atom. The average molecular weight is 342 g/mol. The molecule has 1 aromatic carbocycles. The lowest BCUT2D eigenvalue weighted by Gasteiger charge is -2.29. The van der Waals surface area contributed by atoms with Crippen LogP contribution in [-0.4, -0.2) is 52.8 Å². The summed E-state index contributed by atoms with van der Waals surface area (Å²) in [4.78, 5) is 29.3. The number of rotatable bonds is 6. The van der Waals surface area contributed by atoms with Gasteiger partial charge in [-0.1, -0.05) is 44.2 Å². The highest BCUT2D eigenvalue weighted by Gasteiger charge is 2.43. The van der Waals surface area contributed by atoms with E-state index in [4.69, 9.17) is 0 Å². The van der Waals surface area contributed by atoms with Crippen LogP contribution in [0.25, 0.3) is 0 Å². The first kappa shape index (κ1) is 17.7. The third-order valence-corrected chi connectivity index (χ3v) is 5.06. The zero-order valence-corrected chi connectivity index (χ0v) is 14.9. The van der Waals surface area contributed by atoms with Gasteiger partial charge in [-0.25, -0.2) is 0 Å². The summed E-state index contributed by atoms with van der Waals surface area (Å²) in [5, 5.41) is 10.4. The number of amides is 1. The molecule has 25 heavy (non-hydrogen) atoms. The van der Waals surface area contributed by atoms with E-state index in [1.54, 1.807) is 18.7 Å². The maximum atomic E-state index is 12.7. The zero-order valence-electron chi connectivity index (χ0n) is 14.9. The van der Waals surface area contributed by atoms with E-state index in [9.17, 15) is 14.7 Å². The molecule has 1 amide bonds. The minimum absolute atomic E-state index is 0.164. The van der Waals surface area contributed by atoms with Gasteiger partial charge in [-0.15, -0.1) is 0 Å². The van der Waals surface area contributed by atoms with E-state index in [0.717, 1.165) is 25.2 Å². The first-order valence-corrected chi connectivity index (χ1v) is 9.06. The first-order chi connectivity index (χ1) is 12.0. The second-order valence-corrected chi connectivity index (χ2v) is 7.14. The van der Waals surface area contributed by atoms with Gasteiger partial charge in [-0.2, -0.15) is 0 Å². The predicted molar refractivity (Wildman–Crippen MR) is 96.1 cm³/mol. The van der Waals surface area contributed by atoms with Crippen LogP contribution in [0.3, 0.4) is 0 Å². The molecule has 134 valence electrons. The fourth-order valence-corrected chi connectivity index (χ4v) is 3.68. The van der Waals surface area contributed by atoms with Crippen LogP contribution in [0.2, 0.25) is 0 Å². The lowest BCUT2D eigenvalue weighted by Crippen LogP contribution is -2.38. The highest BCUT2D eigenvalue weighted by Crippen LogP contribution is 2.38. The van der Waals surface area contributed by atoms with Crippen molar-refractivity contribution in [2.45, 2.75) is 32.7 Å². The van der Waals surface area contributed by atoms with Gasteiger partial charge in [0.05, 0.1) is 11.6 Å². The number of aliphatic hydroxyl groups is 1. The Labute approximate surface area is 148 Å². The molecule has 0 saturated carbocycles. The van der Waals surface area contributed by atoms with Crippen molar-refractivity contribution in [1.29, 1.82) is 0 Å². The molecule has 0 aliphatic carbocycles. The summed E-state index contributed by atoms with van der Waals surface area (Å²) in [5.41, 5.74) is 1.11. The summed E-state index contributed by atoms with van der Waals surface area (Å²) in [7, 11) is 0. The zero-order chi connectivity index (χ0) is 18.0. The number of benzene rings is 1. The summed E-state index contributed by atoms with van der Waals surface area (Å²) in [6, 6.07) is 9.02. The van der Waals surface area contributed by atoms with Crippen LogP contribution in [-0.2, 0) is 9.59 Å². The Hall–Kier alpha value is -2.14. The molecular formula is C20H26N2O3. The van der Waals surface area contributed by atoms with Crippen molar-refractivity contribution in [3.8, 4) is 0 Å². The van der Waals surface area contributed by atoms with Crippen molar-refractivity contribution in [2.75, 3.05) is 26.2 Å². The van der Waals surface area contributed by atoms with E-state index in [2.05, 4.69) is 4.90 Å². The molecule has 0 radical (unpaired) electrons. The summed E-state index contributed by atoms with van der Waals surface area (Å²) in [5.74, 6) is -1.25. The number of hydrogen-bond acceptors (Lipinski definition) is 4. The molecule has 2 heterocycles. The Morgan fingerprint density at radius 1 is 1.16 bits per heavy atom. The van der Waals surface area contributed by atoms with Crippen LogP contribution in [0.15, 0.2) is 41.7 Å². The largest absolute Gasteiger partial charge is 0.503 e. The molecule has 3 rings (SSSR count). The van der Waals surface area contributed by atoms with Gasteiger partial charge in [-0.05, 0) is 31.5 Å². The van der Waals surface area contributed by atoms with E-state index in [-0.39, 0.29) is 23.0 Å². The van der Waals surface area contributed by atoms with Crippen molar-refractivity contribution in [3.63, 3.8) is 0 Å². The number of carbonyl (C=O) groups is 2. The van der Waals surface area contributed by atoms with Crippen LogP contribution >= 0.6 is 0 Å². The Kier molecular flexibility index (Phi) is 5.23. The number of likely N-dealkylation sites (tertiary alicyclic amines) is 1. The fourth-order valence-electron chi connectivity index (χ4n) is 3.68. The second kappa shape index (κ2) is 7.40. The maximum absolute atomic E-state index is 12.7. The van der Waals surface area contributed by atoms with Crippen LogP contribution < -0.4 is 0 Å². The van der Waals surface area contributed by atoms with Gasteiger partial charge in [0, 0.05) is 19.0 Å². The molecule has 0 bridgehead atoms. The minimum atomic E-state index is -0.494. The van der Waals surface area contributed by atoms with Crippen molar-refractivity contribution in [2.24, 2.45) is 5.92 Å². The molecule has 1 atom stereocenters. The predicted octanol–water partition coefficient (Wildman–Crippen LogP) is 2.70. The van der Waals surface area contributed by atoms with E-state index in [0.29, 0.717) is 6.54 Å². The van der Waals surface area contributed by atoms with Crippen LogP contribution in [0.1, 0.15) is 38.3 Å². The molecule has 0 aromatic heterocycles. The van der Waals surface area contributed by atoms with Gasteiger partial charge in [-0.3, -0.25) is 9.59 Å². The first-order valence-electron chi connectivity index (χ1n) is 9.06. The van der Waals surface area contributed by atoms with E-state index < -0.39 is 11.9 Å². The molecule has 1 unspecified atom stereocenters. The number of aliphatic hydroxyl groups excluding tert-OH is 1. The van der Waals surface area contributed by atoms with Gasteiger partial charge >= 0.3 is 0 Å². The summed E-state index contributed by atoms with van der Waals surface area (Å²) < 4.78 is 0. The lowest BCUT2D eigenvalue weighted by molar-refractivity contribution is -0.129. The van der Waals surface area contributed by atoms with Gasteiger partial charge in [0.25, 0.3) is 5.91 Å². The standard InChI is InChI=1S/C20H26N2O3/c1-14(2)18(23)16-17(15-8-4-3-5-9-15)22(20(25)19(16)24)13-12-21-10-6-7-11-21/h3-5,8-9,14,17,24H,6-7,10-13H2,1-2H3. The normalized spacial score (nSPS) is 21.6. The third kappa shape index (κ3) is 3.47. The van der Waals surface area contributed by atoms with Gasteiger partial charge in [0.1, 0.15) is 0 Å². The van der Waals surface area contributed by atoms with Gasteiger partial charge < -0.3 is 14.9 Å². The fraction of sp³-hybridized carbons (Fsp3) is 0.500. The average Bonchev–Trinajstić information content (AvgIpc) is 3.21. The summed E-state index contributed by atoms with van der Waals surface area (Å²) >= 11 is 0. The van der Waals surface area contributed by atoms with Crippen LogP contribution in [0, 0.1) is 5.92 Å². The summed E-state index contributed by atoms with van der Waals surface area (Å²) in [6.45, 7) is 6.97. The summed E-state index contributed by atoms with van der Waals surface area (Å²) in [6.07, 6.45) is 2.38. The van der Waals surface area contributed by atoms with E-state index in [1.165, 1.54) is 12.8 Å². The molecule has 1 saturated heterocycles. The van der Waals surface area contributed by atoms with Crippen molar-refractivity contribution in [3.05, 3.63) is 47.2 Å². The molecular weight excluding hydrogens is 316 g/mol. The Balaban J connectivity index is 1.91. The maximum Gasteiger partial charge on any atom is 0.290 e. The number of hydrogen-bond donors (Lipinski definition) is 1. The van der Waals surface area contributed by atoms with E-state index >= 15 is 0 Å². The van der Waals surface area contributed by atoms with Gasteiger partial charge in [0.2, 0.25) is 0 Å². The Bertz CT molecular complexity index is 675. The van der Waals surface area contributed by atoms with Crippen molar-refractivity contribution < 1.29 is 14.7 Å². The van der Waals surface area contributed by atoms with Gasteiger partial charge in [0.15, 0.2) is 11.5 Å². The minimum Gasteiger partial charge on any atom is -0.503 e. The highest BCUT2D eigenvalue weighted by atomic mass is 16.3. The smallest absolute Gasteiger partial charge is 0.290 e. The monoisotopic (exact) mass is 342 g/mol. The lowest BCUT2D eigenvalue weighted by atomic mass is 9.91. The van der Waals surface area contributed by atoms with Crippen molar-refractivity contribution in [1.82, 2.24) is 9.80 Å². The van der Waals surface area contributed by atoms with Crippen LogP contribution in [0.5, 0.6) is 0 Å². The topological polar surface area (TPSA) is 60.9 Å². The molecule has 1 N–H and O–H groups in total.